The van der Waals surface area contributed by atoms with Gasteiger partial charge in [-0.05, 0) is 36.8 Å². The number of aryl methyl sites for hydroxylation is 1. The lowest BCUT2D eigenvalue weighted by Crippen LogP contribution is -1.98. The summed E-state index contributed by atoms with van der Waals surface area (Å²) < 4.78 is 2.29. The summed E-state index contributed by atoms with van der Waals surface area (Å²) in [6.07, 6.45) is 0. The first-order valence-electron chi connectivity index (χ1n) is 6.15. The quantitative estimate of drug-likeness (QED) is 0.616. The molecule has 1 nitrogen and oxygen atoms in total. The maximum Gasteiger partial charge on any atom is 0.0531 e. The van der Waals surface area contributed by atoms with E-state index in [4.69, 9.17) is 0 Å². The van der Waals surface area contributed by atoms with Gasteiger partial charge in [-0.25, -0.2) is 0 Å². The molecule has 0 radical (unpaired) electrons. The maximum atomic E-state index is 2.29. The molecule has 0 aliphatic heterocycles. The molecule has 88 valence electrons. The number of nitrogens with zero attached hydrogens (tertiary/aromatic N) is 1. The molecule has 1 heteroatoms. The molecule has 2 aromatic carbocycles. The summed E-state index contributed by atoms with van der Waals surface area (Å²) in [7, 11) is 0. The van der Waals surface area contributed by atoms with E-state index in [2.05, 4.69) is 72.2 Å². The Labute approximate surface area is 107 Å². The van der Waals surface area contributed by atoms with Gasteiger partial charge in [0.1, 0.15) is 0 Å². The molecule has 3 rings (SSSR count). The summed E-state index contributed by atoms with van der Waals surface area (Å²) in [6, 6.07) is 25.3. The fourth-order valence-corrected chi connectivity index (χ4v) is 2.29. The Morgan fingerprint density at radius 2 is 1.28 bits per heavy atom. The molecule has 0 unspecified atom stereocenters. The molecular weight excluding hydrogens is 218 g/mol. The number of benzene rings is 2. The summed E-state index contributed by atoms with van der Waals surface area (Å²) in [5, 5.41) is 0. The molecule has 0 aliphatic carbocycles. The van der Waals surface area contributed by atoms with Crippen molar-refractivity contribution >= 4 is 0 Å². The van der Waals surface area contributed by atoms with E-state index >= 15 is 0 Å². The third kappa shape index (κ3) is 1.84. The van der Waals surface area contributed by atoms with Crippen molar-refractivity contribution in [1.82, 2.24) is 4.57 Å². The lowest BCUT2D eigenvalue weighted by atomic mass is 10.1. The normalized spacial score (nSPS) is 10.5. The van der Waals surface area contributed by atoms with Crippen LogP contribution in [0.4, 0.5) is 0 Å². The molecule has 0 aliphatic rings. The Bertz CT molecular complexity index is 636. The van der Waals surface area contributed by atoms with Gasteiger partial charge in [0.2, 0.25) is 0 Å². The molecule has 1 aromatic heterocycles. The van der Waals surface area contributed by atoms with Gasteiger partial charge in [0.05, 0.1) is 5.69 Å². The Morgan fingerprint density at radius 3 is 1.94 bits per heavy atom. The van der Waals surface area contributed by atoms with Crippen molar-refractivity contribution in [2.24, 2.45) is 0 Å². The van der Waals surface area contributed by atoms with Crippen LogP contribution < -0.4 is 0 Å². The highest BCUT2D eigenvalue weighted by Crippen LogP contribution is 2.25. The predicted octanol–water partition coefficient (Wildman–Crippen LogP) is 4.45. The molecule has 1 heterocycles. The van der Waals surface area contributed by atoms with Crippen LogP contribution in [0.5, 0.6) is 0 Å². The van der Waals surface area contributed by atoms with Gasteiger partial charge in [-0.3, -0.25) is 0 Å². The molecule has 0 amide bonds. The van der Waals surface area contributed by atoms with Gasteiger partial charge >= 0.3 is 0 Å². The Hall–Kier alpha value is -2.28. The topological polar surface area (TPSA) is 4.93 Å². The average molecular weight is 233 g/mol. The molecule has 0 spiro atoms. The summed E-state index contributed by atoms with van der Waals surface area (Å²) >= 11 is 0. The standard InChI is InChI=1S/C17H15N/c1-14-12-13-17(15-8-4-2-5-9-15)18(14)16-10-6-3-7-11-16/h2-13H,1H3. The summed E-state index contributed by atoms with van der Waals surface area (Å²) in [4.78, 5) is 0. The van der Waals surface area contributed by atoms with Crippen LogP contribution in [0, 0.1) is 6.92 Å². The largest absolute Gasteiger partial charge is 0.314 e. The Balaban J connectivity index is 2.19. The van der Waals surface area contributed by atoms with E-state index in [9.17, 15) is 0 Å². The van der Waals surface area contributed by atoms with Gasteiger partial charge in [0.15, 0.2) is 0 Å². The van der Waals surface area contributed by atoms with E-state index in [0.717, 1.165) is 0 Å². The monoisotopic (exact) mass is 233 g/mol. The van der Waals surface area contributed by atoms with Gasteiger partial charge < -0.3 is 4.57 Å². The first-order valence-corrected chi connectivity index (χ1v) is 6.15. The minimum absolute atomic E-state index is 1.21. The van der Waals surface area contributed by atoms with Crippen LogP contribution in [0.25, 0.3) is 16.9 Å². The zero-order valence-electron chi connectivity index (χ0n) is 10.4. The van der Waals surface area contributed by atoms with Gasteiger partial charge in [0.25, 0.3) is 0 Å². The third-order valence-electron chi connectivity index (χ3n) is 3.16. The van der Waals surface area contributed by atoms with Crippen molar-refractivity contribution in [3.8, 4) is 16.9 Å². The molecule has 0 saturated carbocycles. The first-order chi connectivity index (χ1) is 8.86. The molecule has 0 bridgehead atoms. The Kier molecular flexibility index (Phi) is 2.73. The molecule has 0 atom stereocenters. The maximum absolute atomic E-state index is 2.29. The average Bonchev–Trinajstić information content (AvgIpc) is 2.83. The van der Waals surface area contributed by atoms with Crippen LogP contribution in [-0.4, -0.2) is 4.57 Å². The Morgan fingerprint density at radius 1 is 0.667 bits per heavy atom. The lowest BCUT2D eigenvalue weighted by molar-refractivity contribution is 1.02. The zero-order chi connectivity index (χ0) is 12.4. The van der Waals surface area contributed by atoms with Crippen LogP contribution in [-0.2, 0) is 0 Å². The van der Waals surface area contributed by atoms with Gasteiger partial charge in [-0.1, -0.05) is 48.5 Å². The van der Waals surface area contributed by atoms with Crippen molar-refractivity contribution in [3.05, 3.63) is 78.5 Å². The van der Waals surface area contributed by atoms with E-state index in [1.54, 1.807) is 0 Å². The summed E-state index contributed by atoms with van der Waals surface area (Å²) in [5.41, 5.74) is 4.94. The molecule has 18 heavy (non-hydrogen) atoms. The predicted molar refractivity (Wildman–Crippen MR) is 75.9 cm³/mol. The minimum Gasteiger partial charge on any atom is -0.314 e. The SMILES string of the molecule is Cc1ccc(-c2ccccc2)n1-c1ccccc1. The number of hydrogen-bond acceptors (Lipinski definition) is 0. The molecular formula is C17H15N. The van der Waals surface area contributed by atoms with Crippen molar-refractivity contribution in [2.45, 2.75) is 6.92 Å². The van der Waals surface area contributed by atoms with Crippen molar-refractivity contribution in [1.29, 1.82) is 0 Å². The fourth-order valence-electron chi connectivity index (χ4n) is 2.29. The molecule has 0 N–H and O–H groups in total. The zero-order valence-corrected chi connectivity index (χ0v) is 10.4. The van der Waals surface area contributed by atoms with E-state index in [1.165, 1.54) is 22.6 Å². The number of rotatable bonds is 2. The van der Waals surface area contributed by atoms with E-state index in [1.807, 2.05) is 12.1 Å². The minimum atomic E-state index is 1.21. The summed E-state index contributed by atoms with van der Waals surface area (Å²) in [5.74, 6) is 0. The van der Waals surface area contributed by atoms with Crippen molar-refractivity contribution < 1.29 is 0 Å². The van der Waals surface area contributed by atoms with Gasteiger partial charge in [0, 0.05) is 11.4 Å². The molecule has 0 saturated heterocycles. The van der Waals surface area contributed by atoms with Crippen molar-refractivity contribution in [3.63, 3.8) is 0 Å². The lowest BCUT2D eigenvalue weighted by Gasteiger charge is -2.11. The number of aromatic nitrogens is 1. The molecule has 0 fully saturated rings. The smallest absolute Gasteiger partial charge is 0.0531 e. The second-order valence-corrected chi connectivity index (χ2v) is 4.40. The van der Waals surface area contributed by atoms with E-state index < -0.39 is 0 Å². The number of para-hydroxylation sites is 1. The van der Waals surface area contributed by atoms with Crippen LogP contribution in [0.3, 0.4) is 0 Å². The van der Waals surface area contributed by atoms with Gasteiger partial charge in [-0.2, -0.15) is 0 Å². The summed E-state index contributed by atoms with van der Waals surface area (Å²) in [6.45, 7) is 2.14. The first kappa shape index (κ1) is 10.8. The van der Waals surface area contributed by atoms with Crippen LogP contribution in [0.1, 0.15) is 5.69 Å². The van der Waals surface area contributed by atoms with Crippen LogP contribution in [0.15, 0.2) is 72.8 Å². The fraction of sp³-hybridized carbons (Fsp3) is 0.0588. The molecule has 3 aromatic rings. The highest BCUT2D eigenvalue weighted by atomic mass is 15.0. The van der Waals surface area contributed by atoms with Crippen molar-refractivity contribution in [2.75, 3.05) is 0 Å². The van der Waals surface area contributed by atoms with Crippen LogP contribution >= 0.6 is 0 Å². The highest BCUT2D eigenvalue weighted by molar-refractivity contribution is 5.64. The van der Waals surface area contributed by atoms with Crippen LogP contribution in [0.2, 0.25) is 0 Å². The highest BCUT2D eigenvalue weighted by Gasteiger charge is 2.08. The van der Waals surface area contributed by atoms with Gasteiger partial charge in [-0.15, -0.1) is 0 Å². The third-order valence-corrected chi connectivity index (χ3v) is 3.16. The second-order valence-electron chi connectivity index (χ2n) is 4.40. The van der Waals surface area contributed by atoms with E-state index in [0.29, 0.717) is 0 Å². The van der Waals surface area contributed by atoms with E-state index in [-0.39, 0.29) is 0 Å². The second kappa shape index (κ2) is 4.53. The number of hydrogen-bond donors (Lipinski definition) is 0.